The highest BCUT2D eigenvalue weighted by molar-refractivity contribution is 5.86. The SMILES string of the molecule is O=C(C[C@H]1CC=CCC[C@H](NC(=O)OCC2c3ccccc3-c3ccccc32)C(=O)OC[C@H](CC2CCCCC2)NC1=O)N[C@H](CO)Cc1ccc(OCc2ccccc2)cc1. The molecule has 1 heterocycles. The average Bonchev–Trinajstić information content (AvgIpc) is 3.62. The van der Waals surface area contributed by atoms with E-state index in [1.807, 2.05) is 91.0 Å². The first-order valence-electron chi connectivity index (χ1n) is 22.2. The van der Waals surface area contributed by atoms with E-state index >= 15 is 0 Å². The van der Waals surface area contributed by atoms with Gasteiger partial charge >= 0.3 is 12.1 Å². The highest BCUT2D eigenvalue weighted by atomic mass is 16.6. The third kappa shape index (κ3) is 12.3. The minimum atomic E-state index is -0.961. The molecule has 62 heavy (non-hydrogen) atoms. The van der Waals surface area contributed by atoms with Crippen molar-refractivity contribution in [2.24, 2.45) is 11.8 Å². The highest BCUT2D eigenvalue weighted by Gasteiger charge is 2.32. The third-order valence-corrected chi connectivity index (χ3v) is 12.3. The molecule has 0 saturated heterocycles. The van der Waals surface area contributed by atoms with E-state index in [9.17, 15) is 24.3 Å². The Labute approximate surface area is 364 Å². The number of carbonyl (C=O) groups excluding carboxylic acids is 4. The Morgan fingerprint density at radius 1 is 0.806 bits per heavy atom. The van der Waals surface area contributed by atoms with Crippen LogP contribution < -0.4 is 20.7 Å². The maximum Gasteiger partial charge on any atom is 0.407 e. The molecule has 4 atom stereocenters. The van der Waals surface area contributed by atoms with Crippen LogP contribution in [0.4, 0.5) is 4.79 Å². The smallest absolute Gasteiger partial charge is 0.407 e. The van der Waals surface area contributed by atoms with Gasteiger partial charge in [0, 0.05) is 12.3 Å². The van der Waals surface area contributed by atoms with Crippen LogP contribution in [-0.2, 0) is 36.9 Å². The van der Waals surface area contributed by atoms with E-state index < -0.39 is 36.1 Å². The van der Waals surface area contributed by atoms with Crippen LogP contribution in [0.25, 0.3) is 11.1 Å². The van der Waals surface area contributed by atoms with Crippen molar-refractivity contribution in [2.45, 2.75) is 101 Å². The lowest BCUT2D eigenvalue weighted by molar-refractivity contribution is -0.148. The van der Waals surface area contributed by atoms with Crippen LogP contribution in [0, 0.1) is 11.8 Å². The molecule has 4 aromatic rings. The van der Waals surface area contributed by atoms with Crippen molar-refractivity contribution in [3.05, 3.63) is 138 Å². The number of aliphatic hydroxyl groups is 1. The van der Waals surface area contributed by atoms with E-state index in [0.29, 0.717) is 38.2 Å². The maximum atomic E-state index is 14.0. The molecule has 3 aliphatic rings. The quantitative estimate of drug-likeness (QED) is 0.0738. The van der Waals surface area contributed by atoms with E-state index in [1.54, 1.807) is 0 Å². The molecule has 11 nitrogen and oxygen atoms in total. The molecule has 1 fully saturated rings. The molecule has 2 aliphatic carbocycles. The first-order chi connectivity index (χ1) is 30.3. The molecule has 7 rings (SSSR count). The van der Waals surface area contributed by atoms with Gasteiger partial charge < -0.3 is 35.3 Å². The monoisotopic (exact) mass is 841 g/mol. The Bertz CT molecular complexity index is 2090. The van der Waals surface area contributed by atoms with Gasteiger partial charge in [0.1, 0.15) is 31.6 Å². The van der Waals surface area contributed by atoms with Gasteiger partial charge in [-0.2, -0.15) is 0 Å². The number of nitrogens with one attached hydrogen (secondary N) is 3. The van der Waals surface area contributed by atoms with Gasteiger partial charge in [-0.1, -0.05) is 135 Å². The summed E-state index contributed by atoms with van der Waals surface area (Å²) in [6.07, 6.45) is 10.4. The zero-order valence-corrected chi connectivity index (χ0v) is 35.3. The van der Waals surface area contributed by atoms with Crippen molar-refractivity contribution in [1.29, 1.82) is 0 Å². The zero-order chi connectivity index (χ0) is 43.1. The molecule has 0 unspecified atom stereocenters. The molecule has 3 amide bonds. The molecule has 4 N–H and O–H groups in total. The molecule has 0 radical (unpaired) electrons. The van der Waals surface area contributed by atoms with Gasteiger partial charge in [0.05, 0.1) is 24.6 Å². The predicted octanol–water partition coefficient (Wildman–Crippen LogP) is 7.94. The largest absolute Gasteiger partial charge is 0.489 e. The average molecular weight is 842 g/mol. The van der Waals surface area contributed by atoms with E-state index in [-0.39, 0.29) is 50.4 Å². The van der Waals surface area contributed by atoms with Crippen LogP contribution in [0.5, 0.6) is 5.75 Å². The number of carbonyl (C=O) groups is 4. The number of hydrogen-bond acceptors (Lipinski definition) is 8. The summed E-state index contributed by atoms with van der Waals surface area (Å²) < 4.78 is 17.5. The number of fused-ring (bicyclic) bond motifs is 3. The van der Waals surface area contributed by atoms with Crippen LogP contribution in [0.15, 0.2) is 115 Å². The number of esters is 1. The molecular weight excluding hydrogens is 783 g/mol. The minimum Gasteiger partial charge on any atom is -0.489 e. The minimum absolute atomic E-state index is 0.0566. The molecule has 11 heteroatoms. The predicted molar refractivity (Wildman–Crippen MR) is 237 cm³/mol. The zero-order valence-electron chi connectivity index (χ0n) is 35.3. The van der Waals surface area contributed by atoms with E-state index in [0.717, 1.165) is 64.8 Å². The summed E-state index contributed by atoms with van der Waals surface area (Å²) in [7, 11) is 0. The lowest BCUT2D eigenvalue weighted by atomic mass is 9.84. The fourth-order valence-electron chi connectivity index (χ4n) is 8.97. The van der Waals surface area contributed by atoms with Crippen molar-refractivity contribution >= 4 is 23.9 Å². The molecular formula is C51H59N3O8. The molecule has 1 aliphatic heterocycles. The van der Waals surface area contributed by atoms with E-state index in [1.165, 1.54) is 6.42 Å². The number of amides is 3. The number of cyclic esters (lactones) is 1. The molecule has 4 aromatic carbocycles. The standard InChI is InChI=1S/C51H59N3O8/c55-31-39(28-36-24-26-41(27-25-36)60-32-37-16-6-2-7-17-37)52-48(56)30-38-18-8-3-9-23-47(50(58)61-33-40(53-49(38)57)29-35-14-4-1-5-15-35)54-51(59)62-34-46-44-21-12-10-19-42(44)43-20-11-13-22-45(43)46/h2-3,6-8,10-13,16-17,19-22,24-27,35,38-40,46-47,55H,1,4-5,9,14-15,18,23,28-34H2,(H,52,56)(H,53,57)(H,54,59)/t38-,39+,40+,47+/m1/s1. The molecule has 0 spiro atoms. The number of rotatable bonds is 14. The molecule has 0 aromatic heterocycles. The fourth-order valence-corrected chi connectivity index (χ4v) is 8.97. The number of ether oxygens (including phenoxy) is 3. The number of allylic oxidation sites excluding steroid dienone is 2. The highest BCUT2D eigenvalue weighted by Crippen LogP contribution is 2.44. The number of alkyl carbamates (subject to hydrolysis) is 1. The van der Waals surface area contributed by atoms with Crippen molar-refractivity contribution in [3.63, 3.8) is 0 Å². The van der Waals surface area contributed by atoms with Crippen LogP contribution in [0.1, 0.15) is 92.4 Å². The summed E-state index contributed by atoms with van der Waals surface area (Å²) >= 11 is 0. The van der Waals surface area contributed by atoms with Crippen molar-refractivity contribution in [3.8, 4) is 16.9 Å². The number of benzene rings is 4. The molecule has 1 saturated carbocycles. The second-order valence-electron chi connectivity index (χ2n) is 16.9. The van der Waals surface area contributed by atoms with Crippen molar-refractivity contribution in [1.82, 2.24) is 16.0 Å². The Balaban J connectivity index is 0.959. The van der Waals surface area contributed by atoms with Crippen molar-refractivity contribution in [2.75, 3.05) is 19.8 Å². The summed E-state index contributed by atoms with van der Waals surface area (Å²) in [5.41, 5.74) is 6.42. The van der Waals surface area contributed by atoms with Gasteiger partial charge in [0.15, 0.2) is 0 Å². The van der Waals surface area contributed by atoms with E-state index in [2.05, 4.69) is 40.2 Å². The van der Waals surface area contributed by atoms with Gasteiger partial charge in [-0.15, -0.1) is 0 Å². The van der Waals surface area contributed by atoms with Crippen LogP contribution in [-0.4, -0.2) is 66.9 Å². The van der Waals surface area contributed by atoms with E-state index in [4.69, 9.17) is 14.2 Å². The van der Waals surface area contributed by atoms with Gasteiger partial charge in [0.25, 0.3) is 0 Å². The third-order valence-electron chi connectivity index (χ3n) is 12.3. The van der Waals surface area contributed by atoms with Gasteiger partial charge in [0.2, 0.25) is 11.8 Å². The Kier molecular flexibility index (Phi) is 15.8. The van der Waals surface area contributed by atoms with Crippen molar-refractivity contribution < 1.29 is 38.5 Å². The summed E-state index contributed by atoms with van der Waals surface area (Å²) in [6.45, 7) is 0.240. The number of aliphatic hydroxyl groups excluding tert-OH is 1. The Morgan fingerprint density at radius 3 is 2.21 bits per heavy atom. The van der Waals surface area contributed by atoms with Crippen LogP contribution in [0.3, 0.4) is 0 Å². The Morgan fingerprint density at radius 2 is 1.50 bits per heavy atom. The first kappa shape index (κ1) is 44.1. The van der Waals surface area contributed by atoms with Gasteiger partial charge in [-0.3, -0.25) is 9.59 Å². The normalized spacial score (nSPS) is 20.2. The maximum absolute atomic E-state index is 14.0. The lowest BCUT2D eigenvalue weighted by Crippen LogP contribution is -2.47. The second-order valence-corrected chi connectivity index (χ2v) is 16.9. The number of hydrogen-bond donors (Lipinski definition) is 4. The summed E-state index contributed by atoms with van der Waals surface area (Å²) in [4.78, 5) is 54.4. The summed E-state index contributed by atoms with van der Waals surface area (Å²) in [6, 6.07) is 31.7. The second kappa shape index (κ2) is 22.2. The molecule has 0 bridgehead atoms. The van der Waals surface area contributed by atoms with Gasteiger partial charge in [-0.05, 0) is 83.5 Å². The van der Waals surface area contributed by atoms with Crippen LogP contribution >= 0.6 is 0 Å². The fraction of sp³-hybridized carbons (Fsp3) is 0.412. The Hall–Kier alpha value is -5.94. The van der Waals surface area contributed by atoms with Gasteiger partial charge in [-0.25, -0.2) is 9.59 Å². The summed E-state index contributed by atoms with van der Waals surface area (Å²) in [5, 5.41) is 19.1. The molecule has 326 valence electrons. The first-order valence-corrected chi connectivity index (χ1v) is 22.2. The summed E-state index contributed by atoms with van der Waals surface area (Å²) in [5.74, 6) is -0.942. The lowest BCUT2D eigenvalue weighted by Gasteiger charge is -2.28. The van der Waals surface area contributed by atoms with Crippen LogP contribution in [0.2, 0.25) is 0 Å². The topological polar surface area (TPSA) is 152 Å².